The number of ether oxygens (including phenoxy) is 1. The average molecular weight is 884 g/mol. The number of hydrogen-bond acceptors (Lipinski definition) is 13. The molecular formula is C46H57N5O7S2Si. The lowest BCUT2D eigenvalue weighted by molar-refractivity contribution is -0.169. The number of fused-ring (bicyclic) bond motifs is 1. The first-order valence-electron chi connectivity index (χ1n) is 21.0. The van der Waals surface area contributed by atoms with E-state index in [0.717, 1.165) is 60.7 Å². The smallest absolute Gasteiger partial charge is 0.349 e. The SMILES string of the molecule is CN(CCCc1nc(-c2ccc(CNC[C@H](O[Si](C)(C)C(C)(C)C)c3cccc4c3ccc(=O)n4O)cc2)no1)[C@H]1CC[C@H](OC(=O)C(O)(c2cccs2)c2cccs2)CC1. The summed E-state index contributed by atoms with van der Waals surface area (Å²) in [6.07, 6.45) is 4.33. The number of aryl methyl sites for hydroxylation is 1. The van der Waals surface area contributed by atoms with E-state index in [4.69, 9.17) is 18.7 Å². The molecule has 1 atom stereocenters. The summed E-state index contributed by atoms with van der Waals surface area (Å²) in [6.45, 7) is 13.1. The topological polar surface area (TPSA) is 152 Å². The highest BCUT2D eigenvalue weighted by molar-refractivity contribution is 7.12. The Morgan fingerprint density at radius 3 is 2.31 bits per heavy atom. The number of esters is 1. The number of hydrogen-bond donors (Lipinski definition) is 3. The maximum Gasteiger partial charge on any atom is 0.349 e. The zero-order chi connectivity index (χ0) is 43.4. The molecule has 0 saturated heterocycles. The monoisotopic (exact) mass is 883 g/mol. The van der Waals surface area contributed by atoms with Gasteiger partial charge in [0, 0.05) is 42.6 Å². The summed E-state index contributed by atoms with van der Waals surface area (Å²) in [5.41, 5.74) is 1.09. The van der Waals surface area contributed by atoms with Gasteiger partial charge in [-0.05, 0) is 110 Å². The van der Waals surface area contributed by atoms with Crippen LogP contribution in [-0.2, 0) is 32.5 Å². The van der Waals surface area contributed by atoms with Crippen LogP contribution in [0.3, 0.4) is 0 Å². The predicted molar refractivity (Wildman–Crippen MR) is 243 cm³/mol. The molecule has 1 aliphatic rings. The van der Waals surface area contributed by atoms with Gasteiger partial charge < -0.3 is 34.2 Å². The van der Waals surface area contributed by atoms with E-state index in [9.17, 15) is 19.9 Å². The molecule has 12 nitrogen and oxygen atoms in total. The molecule has 6 aromatic rings. The second-order valence-corrected chi connectivity index (χ2v) is 24.2. The van der Waals surface area contributed by atoms with Crippen molar-refractivity contribution in [1.29, 1.82) is 0 Å². The number of rotatable bonds is 17. The van der Waals surface area contributed by atoms with Crippen molar-refractivity contribution < 1.29 is 28.8 Å². The van der Waals surface area contributed by atoms with E-state index >= 15 is 0 Å². The van der Waals surface area contributed by atoms with Gasteiger partial charge in [0.05, 0.1) is 21.4 Å². The van der Waals surface area contributed by atoms with Crippen molar-refractivity contribution in [3.63, 3.8) is 0 Å². The van der Waals surface area contributed by atoms with Gasteiger partial charge in [0.2, 0.25) is 17.3 Å². The van der Waals surface area contributed by atoms with Crippen LogP contribution in [0, 0.1) is 0 Å². The maximum atomic E-state index is 13.4. The Hall–Kier alpha value is -4.48. The number of pyridine rings is 1. The van der Waals surface area contributed by atoms with Crippen LogP contribution < -0.4 is 10.9 Å². The quantitative estimate of drug-likeness (QED) is 0.0458. The van der Waals surface area contributed by atoms with Crippen molar-refractivity contribution in [2.75, 3.05) is 20.1 Å². The molecule has 7 rings (SSSR count). The molecular weight excluding hydrogens is 827 g/mol. The van der Waals surface area contributed by atoms with Crippen LogP contribution in [-0.4, -0.2) is 76.7 Å². The maximum absolute atomic E-state index is 13.4. The molecule has 0 bridgehead atoms. The molecule has 0 aliphatic heterocycles. The Labute approximate surface area is 366 Å². The van der Waals surface area contributed by atoms with E-state index in [1.807, 2.05) is 47.2 Å². The summed E-state index contributed by atoms with van der Waals surface area (Å²) < 4.78 is 19.3. The summed E-state index contributed by atoms with van der Waals surface area (Å²) in [5.74, 6) is 0.562. The van der Waals surface area contributed by atoms with Crippen molar-refractivity contribution in [1.82, 2.24) is 25.1 Å². The van der Waals surface area contributed by atoms with Gasteiger partial charge in [-0.3, -0.25) is 4.79 Å². The Balaban J connectivity index is 0.878. The van der Waals surface area contributed by atoms with E-state index in [1.165, 1.54) is 28.7 Å². The molecule has 1 fully saturated rings. The molecule has 2 aromatic carbocycles. The third-order valence-corrected chi connectivity index (χ3v) is 18.8. The lowest BCUT2D eigenvalue weighted by Crippen LogP contribution is -2.43. The number of carbonyl (C=O) groups is 1. The molecule has 0 amide bonds. The van der Waals surface area contributed by atoms with Gasteiger partial charge in [0.25, 0.3) is 5.56 Å². The first-order valence-corrected chi connectivity index (χ1v) is 25.7. The summed E-state index contributed by atoms with van der Waals surface area (Å²) in [6, 6.07) is 24.5. The van der Waals surface area contributed by atoms with Crippen LogP contribution in [0.2, 0.25) is 18.1 Å². The normalized spacial score (nSPS) is 16.9. The molecule has 0 unspecified atom stereocenters. The van der Waals surface area contributed by atoms with Gasteiger partial charge in [0.1, 0.15) is 6.10 Å². The zero-order valence-electron chi connectivity index (χ0n) is 35.8. The van der Waals surface area contributed by atoms with Crippen LogP contribution in [0.15, 0.2) is 98.9 Å². The van der Waals surface area contributed by atoms with E-state index in [-0.39, 0.29) is 17.2 Å². The van der Waals surface area contributed by atoms with Crippen LogP contribution in [0.25, 0.3) is 22.3 Å². The van der Waals surface area contributed by atoms with Gasteiger partial charge in [-0.1, -0.05) is 74.5 Å². The highest BCUT2D eigenvalue weighted by Gasteiger charge is 2.45. The van der Waals surface area contributed by atoms with Crippen molar-refractivity contribution in [3.8, 4) is 11.4 Å². The fraction of sp³-hybridized carbons (Fsp3) is 0.435. The second kappa shape index (κ2) is 18.9. The van der Waals surface area contributed by atoms with E-state index in [0.29, 0.717) is 57.3 Å². The van der Waals surface area contributed by atoms with E-state index < -0.39 is 25.4 Å². The van der Waals surface area contributed by atoms with Crippen molar-refractivity contribution in [2.45, 2.75) is 108 Å². The molecule has 0 spiro atoms. The minimum atomic E-state index is -2.20. The lowest BCUT2D eigenvalue weighted by atomic mass is 9.91. The summed E-state index contributed by atoms with van der Waals surface area (Å²) in [4.78, 5) is 33.8. The molecule has 61 heavy (non-hydrogen) atoms. The minimum Gasteiger partial charge on any atom is -0.460 e. The number of benzene rings is 2. The number of thiophene rings is 2. The van der Waals surface area contributed by atoms with E-state index in [2.05, 4.69) is 68.4 Å². The molecule has 0 radical (unpaired) electrons. The minimum absolute atomic E-state index is 0.0107. The second-order valence-electron chi connectivity index (χ2n) is 17.6. The van der Waals surface area contributed by atoms with Gasteiger partial charge in [0.15, 0.2) is 8.32 Å². The largest absolute Gasteiger partial charge is 0.460 e. The Kier molecular flexibility index (Phi) is 13.8. The molecule has 4 heterocycles. The van der Waals surface area contributed by atoms with Crippen molar-refractivity contribution >= 4 is 47.9 Å². The molecule has 1 aliphatic carbocycles. The number of aromatic nitrogens is 3. The summed E-state index contributed by atoms with van der Waals surface area (Å²) in [7, 11) is -0.0605. The predicted octanol–water partition coefficient (Wildman–Crippen LogP) is 8.92. The number of carbonyl (C=O) groups excluding carboxylic acids is 1. The molecule has 324 valence electrons. The number of nitrogens with zero attached hydrogens (tertiary/aromatic N) is 4. The highest BCUT2D eigenvalue weighted by Crippen LogP contribution is 2.41. The summed E-state index contributed by atoms with van der Waals surface area (Å²) >= 11 is 2.70. The summed E-state index contributed by atoms with van der Waals surface area (Å²) in [5, 5.41) is 34.4. The Bertz CT molecular complexity index is 2380. The van der Waals surface area contributed by atoms with Gasteiger partial charge in [-0.25, -0.2) is 4.79 Å². The van der Waals surface area contributed by atoms with Crippen molar-refractivity contribution in [3.05, 3.63) is 127 Å². The molecule has 15 heteroatoms. The molecule has 4 aromatic heterocycles. The fourth-order valence-corrected chi connectivity index (χ4v) is 10.7. The van der Waals surface area contributed by atoms with Crippen LogP contribution >= 0.6 is 22.7 Å². The van der Waals surface area contributed by atoms with Crippen molar-refractivity contribution in [2.24, 2.45) is 0 Å². The highest BCUT2D eigenvalue weighted by atomic mass is 32.1. The Morgan fingerprint density at radius 2 is 1.67 bits per heavy atom. The first-order chi connectivity index (χ1) is 29.1. The fourth-order valence-electron chi connectivity index (χ4n) is 7.70. The third-order valence-electron chi connectivity index (χ3n) is 12.4. The number of aliphatic hydroxyl groups is 1. The standard InChI is InChI=1S/C46H57N5O7S2Si/c1-45(2,3)61(5,6)58-38(36-11-7-12-37-35(36)24-25-42(52)51(37)55)30-47-29-31-16-18-32(19-17-31)43-48-41(57-49-43)15-8-26-50(4)33-20-22-34(23-21-33)56-44(53)46(54,39-13-9-27-59-39)40-14-10-28-60-40/h7,9-14,16-19,24-25,27-28,33-34,38,47,54-55H,8,15,20-23,26,29-30H2,1-6H3/t33-,34-,38-/m0/s1. The van der Waals surface area contributed by atoms with Gasteiger partial charge >= 0.3 is 5.97 Å². The zero-order valence-corrected chi connectivity index (χ0v) is 38.4. The van der Waals surface area contributed by atoms with E-state index in [1.54, 1.807) is 24.3 Å². The average Bonchev–Trinajstić information content (AvgIpc) is 4.07. The third kappa shape index (κ3) is 10.1. The van der Waals surface area contributed by atoms with Crippen LogP contribution in [0.1, 0.15) is 85.8 Å². The Morgan fingerprint density at radius 1 is 0.984 bits per heavy atom. The lowest BCUT2D eigenvalue weighted by Gasteiger charge is -2.39. The number of nitrogens with one attached hydrogen (secondary N) is 1. The molecule has 1 saturated carbocycles. The van der Waals surface area contributed by atoms with Gasteiger partial charge in [-0.2, -0.15) is 4.98 Å². The first kappa shape index (κ1) is 44.6. The van der Waals surface area contributed by atoms with Crippen LogP contribution in [0.4, 0.5) is 0 Å². The van der Waals surface area contributed by atoms with Gasteiger partial charge in [-0.15, -0.1) is 27.4 Å². The van der Waals surface area contributed by atoms with Crippen LogP contribution in [0.5, 0.6) is 0 Å². The molecule has 3 N–H and O–H groups in total.